The van der Waals surface area contributed by atoms with Crippen molar-refractivity contribution in [2.24, 2.45) is 0 Å². The van der Waals surface area contributed by atoms with Gasteiger partial charge in [-0.25, -0.2) is 0 Å². The first-order valence-electron chi connectivity index (χ1n) is 6.36. The molecule has 1 N–H and O–H groups in total. The van der Waals surface area contributed by atoms with Gasteiger partial charge in [0.2, 0.25) is 0 Å². The van der Waals surface area contributed by atoms with Gasteiger partial charge in [-0.1, -0.05) is 23.7 Å². The van der Waals surface area contributed by atoms with Crippen LogP contribution >= 0.6 is 11.6 Å². The number of halogens is 1. The molecule has 0 aliphatic heterocycles. The molecule has 0 saturated heterocycles. The molecule has 2 aromatic heterocycles. The second-order valence-corrected chi connectivity index (χ2v) is 5.36. The van der Waals surface area contributed by atoms with Crippen molar-refractivity contribution in [3.63, 3.8) is 0 Å². The molecule has 1 aliphatic carbocycles. The Morgan fingerprint density at radius 3 is 3.00 bits per heavy atom. The first-order valence-corrected chi connectivity index (χ1v) is 6.74. The molecule has 2 heterocycles. The summed E-state index contributed by atoms with van der Waals surface area (Å²) in [6.45, 7) is 0. The first-order chi connectivity index (χ1) is 9.24. The minimum Gasteiger partial charge on any atom is -0.352 e. The van der Waals surface area contributed by atoms with E-state index in [2.05, 4.69) is 9.97 Å². The van der Waals surface area contributed by atoms with E-state index in [0.717, 1.165) is 45.8 Å². The highest BCUT2D eigenvalue weighted by molar-refractivity contribution is 6.30. The van der Waals surface area contributed by atoms with Crippen LogP contribution in [-0.4, -0.2) is 15.8 Å². The Morgan fingerprint density at radius 1 is 1.21 bits per heavy atom. The van der Waals surface area contributed by atoms with Gasteiger partial charge in [-0.3, -0.25) is 9.78 Å². The molecule has 4 rings (SSSR count). The van der Waals surface area contributed by atoms with Gasteiger partial charge in [-0.15, -0.1) is 0 Å². The SMILES string of the molecule is O=C1CCCc2nc3c(ccc4c[nH]c(Cl)cc43)c21. The van der Waals surface area contributed by atoms with Crippen molar-refractivity contribution in [3.05, 3.63) is 40.8 Å². The summed E-state index contributed by atoms with van der Waals surface area (Å²) in [7, 11) is 0. The van der Waals surface area contributed by atoms with Gasteiger partial charge >= 0.3 is 0 Å². The molecule has 0 fully saturated rings. The second-order valence-electron chi connectivity index (χ2n) is 4.96. The van der Waals surface area contributed by atoms with E-state index in [1.165, 1.54) is 0 Å². The van der Waals surface area contributed by atoms with Crippen LogP contribution in [0.2, 0.25) is 5.15 Å². The van der Waals surface area contributed by atoms with Crippen LogP contribution in [0, 0.1) is 0 Å². The van der Waals surface area contributed by atoms with Gasteiger partial charge in [0.1, 0.15) is 5.15 Å². The van der Waals surface area contributed by atoms with Gasteiger partial charge in [0, 0.05) is 34.3 Å². The largest absolute Gasteiger partial charge is 0.352 e. The quantitative estimate of drug-likeness (QED) is 0.630. The summed E-state index contributed by atoms with van der Waals surface area (Å²) >= 11 is 6.02. The highest BCUT2D eigenvalue weighted by atomic mass is 35.5. The molecule has 3 aromatic rings. The molecule has 3 nitrogen and oxygen atoms in total. The van der Waals surface area contributed by atoms with E-state index in [1.54, 1.807) is 0 Å². The van der Waals surface area contributed by atoms with Crippen LogP contribution in [0.5, 0.6) is 0 Å². The highest BCUT2D eigenvalue weighted by Crippen LogP contribution is 2.33. The van der Waals surface area contributed by atoms with Gasteiger partial charge in [0.15, 0.2) is 5.78 Å². The summed E-state index contributed by atoms with van der Waals surface area (Å²) in [4.78, 5) is 19.8. The molecule has 19 heavy (non-hydrogen) atoms. The third-order valence-corrected chi connectivity index (χ3v) is 4.01. The summed E-state index contributed by atoms with van der Waals surface area (Å²) in [6.07, 6.45) is 4.30. The number of carbonyl (C=O) groups is 1. The molecule has 0 amide bonds. The molecule has 0 bridgehead atoms. The lowest BCUT2D eigenvalue weighted by molar-refractivity contribution is 0.0974. The van der Waals surface area contributed by atoms with Crippen molar-refractivity contribution >= 4 is 39.1 Å². The second kappa shape index (κ2) is 3.81. The third kappa shape index (κ3) is 1.51. The van der Waals surface area contributed by atoms with Gasteiger partial charge in [-0.05, 0) is 18.9 Å². The summed E-state index contributed by atoms with van der Waals surface area (Å²) in [5, 5.41) is 3.60. The van der Waals surface area contributed by atoms with Crippen molar-refractivity contribution in [1.82, 2.24) is 9.97 Å². The number of fused-ring (bicyclic) bond motifs is 5. The number of hydrogen-bond acceptors (Lipinski definition) is 2. The Kier molecular flexibility index (Phi) is 2.21. The van der Waals surface area contributed by atoms with Crippen LogP contribution < -0.4 is 0 Å². The zero-order valence-corrected chi connectivity index (χ0v) is 10.9. The summed E-state index contributed by atoms with van der Waals surface area (Å²) in [5.74, 6) is 0.219. The van der Waals surface area contributed by atoms with E-state index in [4.69, 9.17) is 11.6 Å². The molecule has 0 spiro atoms. The van der Waals surface area contributed by atoms with Crippen molar-refractivity contribution in [1.29, 1.82) is 0 Å². The van der Waals surface area contributed by atoms with Crippen molar-refractivity contribution in [2.75, 3.05) is 0 Å². The smallest absolute Gasteiger partial charge is 0.165 e. The molecule has 4 heteroatoms. The zero-order valence-electron chi connectivity index (χ0n) is 10.2. The van der Waals surface area contributed by atoms with Crippen LogP contribution in [0.15, 0.2) is 24.4 Å². The lowest BCUT2D eigenvalue weighted by atomic mass is 9.94. The maximum atomic E-state index is 12.1. The van der Waals surface area contributed by atoms with E-state index in [9.17, 15) is 4.79 Å². The van der Waals surface area contributed by atoms with E-state index >= 15 is 0 Å². The molecule has 94 valence electrons. The average molecular weight is 271 g/mol. The Bertz CT molecular complexity index is 835. The van der Waals surface area contributed by atoms with E-state index in [1.807, 2.05) is 24.4 Å². The summed E-state index contributed by atoms with van der Waals surface area (Å²) in [5.41, 5.74) is 2.67. The maximum absolute atomic E-state index is 12.1. The first kappa shape index (κ1) is 11.0. The molecular formula is C15H11ClN2O. The van der Waals surface area contributed by atoms with Crippen LogP contribution in [0.1, 0.15) is 28.9 Å². The van der Waals surface area contributed by atoms with Crippen LogP contribution in [-0.2, 0) is 6.42 Å². The Morgan fingerprint density at radius 2 is 2.11 bits per heavy atom. The maximum Gasteiger partial charge on any atom is 0.165 e. The summed E-state index contributed by atoms with van der Waals surface area (Å²) < 4.78 is 0. The Labute approximate surface area is 114 Å². The topological polar surface area (TPSA) is 45.8 Å². The van der Waals surface area contributed by atoms with E-state index in [0.29, 0.717) is 11.6 Å². The normalized spacial score (nSPS) is 15.1. The van der Waals surface area contributed by atoms with Gasteiger partial charge < -0.3 is 4.98 Å². The highest BCUT2D eigenvalue weighted by Gasteiger charge is 2.23. The van der Waals surface area contributed by atoms with E-state index < -0.39 is 0 Å². The Balaban J connectivity index is 2.17. The molecule has 0 unspecified atom stereocenters. The molecule has 1 aliphatic rings. The number of nitrogens with zero attached hydrogens (tertiary/aromatic N) is 1. The minimum atomic E-state index is 0.219. The molecule has 1 aromatic carbocycles. The van der Waals surface area contributed by atoms with Crippen molar-refractivity contribution < 1.29 is 4.79 Å². The van der Waals surface area contributed by atoms with Crippen molar-refractivity contribution in [2.45, 2.75) is 19.3 Å². The number of Topliss-reactive ketones (excluding diaryl/α,β-unsaturated/α-hetero) is 1. The number of pyridine rings is 1. The number of nitrogens with one attached hydrogen (secondary N) is 1. The fourth-order valence-electron chi connectivity index (χ4n) is 2.92. The minimum absolute atomic E-state index is 0.219. The number of ketones is 1. The monoisotopic (exact) mass is 270 g/mol. The number of aryl methyl sites for hydroxylation is 1. The fourth-order valence-corrected chi connectivity index (χ4v) is 3.08. The fraction of sp³-hybridized carbons (Fsp3) is 0.200. The number of hydrogen-bond donors (Lipinski definition) is 1. The molecule has 0 atom stereocenters. The van der Waals surface area contributed by atoms with Crippen LogP contribution in [0.25, 0.3) is 21.7 Å². The number of rotatable bonds is 0. The van der Waals surface area contributed by atoms with E-state index in [-0.39, 0.29) is 5.78 Å². The summed E-state index contributed by atoms with van der Waals surface area (Å²) in [6, 6.07) is 5.88. The van der Waals surface area contributed by atoms with Gasteiger partial charge in [0.25, 0.3) is 0 Å². The third-order valence-electron chi connectivity index (χ3n) is 3.79. The lowest BCUT2D eigenvalue weighted by Gasteiger charge is -2.08. The number of H-pyrrole nitrogens is 1. The Hall–Kier alpha value is -1.87. The number of aromatic amines is 1. The van der Waals surface area contributed by atoms with Gasteiger partial charge in [-0.2, -0.15) is 0 Å². The predicted octanol–water partition coefficient (Wildman–Crippen LogP) is 3.89. The number of aromatic nitrogens is 2. The molecule has 0 radical (unpaired) electrons. The molecular weight excluding hydrogens is 260 g/mol. The zero-order chi connectivity index (χ0) is 13.0. The number of carbonyl (C=O) groups excluding carboxylic acids is 1. The lowest BCUT2D eigenvalue weighted by Crippen LogP contribution is -2.08. The van der Waals surface area contributed by atoms with Crippen molar-refractivity contribution in [3.8, 4) is 0 Å². The van der Waals surface area contributed by atoms with Crippen LogP contribution in [0.4, 0.5) is 0 Å². The standard InChI is InChI=1S/C15H11ClN2O/c16-13-6-10-8(7-17-13)4-5-9-14-11(18-15(9)10)2-1-3-12(14)19/h4-7,17H,1-3H2. The predicted molar refractivity (Wildman–Crippen MR) is 75.9 cm³/mol. The average Bonchev–Trinajstić information content (AvgIpc) is 2.79. The van der Waals surface area contributed by atoms with Crippen LogP contribution in [0.3, 0.4) is 0 Å². The van der Waals surface area contributed by atoms with Gasteiger partial charge in [0.05, 0.1) is 11.2 Å². The number of benzene rings is 1. The molecule has 0 saturated carbocycles.